The molecule has 3 unspecified atom stereocenters. The van der Waals surface area contributed by atoms with Gasteiger partial charge in [-0.15, -0.1) is 0 Å². The second-order valence-corrected chi connectivity index (χ2v) is 22.9. The van der Waals surface area contributed by atoms with Crippen molar-refractivity contribution < 1.29 is 37.3 Å². The molecule has 0 rings (SSSR count). The van der Waals surface area contributed by atoms with Crippen LogP contribution in [0.1, 0.15) is 226 Å². The number of hydrogen-bond donors (Lipinski definition) is 1. The van der Waals surface area contributed by atoms with E-state index < -0.39 is 26.6 Å². The predicted octanol–water partition coefficient (Wildman–Crippen LogP) is 18.8. The molecule has 0 saturated heterocycles. The van der Waals surface area contributed by atoms with Gasteiger partial charge in [0.1, 0.15) is 19.3 Å². The van der Waals surface area contributed by atoms with E-state index in [0.717, 1.165) is 116 Å². The minimum absolute atomic E-state index is 0.0462. The number of carbonyl (C=O) groups is 2. The summed E-state index contributed by atoms with van der Waals surface area (Å²) in [7, 11) is 1.11. The summed E-state index contributed by atoms with van der Waals surface area (Å²) in [6.07, 6.45) is 82.6. The number of hydrogen-bond acceptors (Lipinski definition) is 7. The van der Waals surface area contributed by atoms with Crippen LogP contribution in [0.4, 0.5) is 0 Å². The summed E-state index contributed by atoms with van der Waals surface area (Å²) in [6.45, 7) is 6.52. The summed E-state index contributed by atoms with van der Waals surface area (Å²) in [5.41, 5.74) is 0. The molecule has 448 valence electrons. The Bertz CT molecular complexity index is 1860. The van der Waals surface area contributed by atoms with Gasteiger partial charge in [-0.25, -0.2) is 0 Å². The smallest absolute Gasteiger partial charge is 0.306 e. The molecule has 0 aliphatic carbocycles. The Morgan fingerprint density at radius 1 is 0.456 bits per heavy atom. The van der Waals surface area contributed by atoms with Crippen molar-refractivity contribution >= 4 is 19.7 Å². The van der Waals surface area contributed by atoms with E-state index >= 15 is 0 Å². The van der Waals surface area contributed by atoms with E-state index in [2.05, 4.69) is 148 Å². The van der Waals surface area contributed by atoms with Crippen LogP contribution >= 0.6 is 7.82 Å². The number of nitrogens with one attached hydrogen (secondary N) is 1. The van der Waals surface area contributed by atoms with Crippen LogP contribution in [0.2, 0.25) is 0 Å². The molecule has 0 aliphatic rings. The Kier molecular flexibility index (Phi) is 54.2. The lowest BCUT2D eigenvalue weighted by Gasteiger charge is -2.30. The Labute approximate surface area is 485 Å². The molecule has 0 spiro atoms. The zero-order chi connectivity index (χ0) is 57.9. The third kappa shape index (κ3) is 58.4. The fourth-order valence-electron chi connectivity index (χ4n) is 8.04. The first kappa shape index (κ1) is 74.9. The summed E-state index contributed by atoms with van der Waals surface area (Å²) in [6, 6.07) is -0.944. The number of carbonyl (C=O) groups excluding carboxylic acids is 2. The lowest BCUT2D eigenvalue weighted by Crippen LogP contribution is -2.47. The van der Waals surface area contributed by atoms with Gasteiger partial charge in [-0.2, -0.15) is 0 Å². The first-order valence-electron chi connectivity index (χ1n) is 31.1. The number of nitrogens with zero attached hydrogens (tertiary/aromatic N) is 1. The van der Waals surface area contributed by atoms with Crippen molar-refractivity contribution in [1.82, 2.24) is 5.32 Å². The van der Waals surface area contributed by atoms with Crippen molar-refractivity contribution in [3.05, 3.63) is 146 Å². The van der Waals surface area contributed by atoms with Gasteiger partial charge in [0.15, 0.2) is 0 Å². The molecule has 0 aromatic carbocycles. The maximum Gasteiger partial charge on any atom is 0.306 e. The highest BCUT2D eigenvalue weighted by atomic mass is 31.2. The summed E-state index contributed by atoms with van der Waals surface area (Å²) >= 11 is 0. The molecular weight excluding hydrogens is 1000 g/mol. The summed E-state index contributed by atoms with van der Waals surface area (Å²) < 4.78 is 30.2. The second-order valence-electron chi connectivity index (χ2n) is 21.4. The van der Waals surface area contributed by atoms with Crippen LogP contribution in [0.25, 0.3) is 0 Å². The lowest BCUT2D eigenvalue weighted by atomic mass is 10.1. The highest BCUT2D eigenvalue weighted by Gasteiger charge is 2.27. The zero-order valence-electron chi connectivity index (χ0n) is 51.0. The van der Waals surface area contributed by atoms with Gasteiger partial charge < -0.3 is 28.5 Å². The minimum Gasteiger partial charge on any atom is -0.756 e. The van der Waals surface area contributed by atoms with E-state index in [1.807, 2.05) is 39.4 Å². The number of quaternary nitrogens is 1. The van der Waals surface area contributed by atoms with E-state index in [-0.39, 0.29) is 31.3 Å². The van der Waals surface area contributed by atoms with Gasteiger partial charge in [0.05, 0.1) is 33.8 Å². The van der Waals surface area contributed by atoms with Gasteiger partial charge in [0.2, 0.25) is 5.91 Å². The molecule has 9 nitrogen and oxygen atoms in total. The standard InChI is InChI=1S/C69H115N2O7P/c1-7-10-13-16-19-22-25-27-29-31-33-34-35-36-38-40-42-44-47-50-53-56-59-62-69(73)78-67(60-57-54-51-48-45-24-21-18-15-12-9-3)66(65-77-79(74,75)76-64-63-71(4,5)6)70-68(72)61-58-55-52-49-46-43-41-39-37-32-30-28-26-23-20-17-14-11-8-2/h10-11,13-14,19-20,22-23,27-30,33-34,36-39,43,46,52,55,57,60,66-67H,7-9,12,15-18,21,24-26,31-32,35,40-42,44-45,47-51,53-54,56,58-59,61-65H2,1-6H3,(H-,70,72,74,75)/b13-10-,14-11-,22-19-,23-20-,29-27-,30-28-,34-33-,38-36-,39-37-,46-43-,55-52-,60-57+. The Hall–Kier alpha value is -4.11. The second kappa shape index (κ2) is 57.1. The molecule has 0 aliphatic heterocycles. The van der Waals surface area contributed by atoms with Crippen molar-refractivity contribution in [1.29, 1.82) is 0 Å². The van der Waals surface area contributed by atoms with Gasteiger partial charge in [-0.1, -0.05) is 244 Å². The van der Waals surface area contributed by atoms with Gasteiger partial charge >= 0.3 is 5.97 Å². The number of esters is 1. The molecular formula is C69H115N2O7P. The molecule has 0 fully saturated rings. The van der Waals surface area contributed by atoms with Crippen molar-refractivity contribution in [2.75, 3.05) is 40.9 Å². The number of phosphoric ester groups is 1. The summed E-state index contributed by atoms with van der Waals surface area (Å²) in [4.78, 5) is 39.9. The Morgan fingerprint density at radius 3 is 1.24 bits per heavy atom. The van der Waals surface area contributed by atoms with E-state index in [0.29, 0.717) is 23.9 Å². The molecule has 0 aromatic heterocycles. The van der Waals surface area contributed by atoms with Crippen LogP contribution in [0.5, 0.6) is 0 Å². The van der Waals surface area contributed by atoms with Gasteiger partial charge in [0, 0.05) is 12.8 Å². The normalized spacial score (nSPS) is 14.7. The fourth-order valence-corrected chi connectivity index (χ4v) is 8.76. The number of ether oxygens (including phenoxy) is 1. The molecule has 10 heteroatoms. The van der Waals surface area contributed by atoms with E-state index in [4.69, 9.17) is 13.8 Å². The molecule has 0 heterocycles. The summed E-state index contributed by atoms with van der Waals surface area (Å²) in [5.74, 6) is -0.664. The SMILES string of the molecule is CC/C=C\C/C=C\C/C=C\C/C=C\C/C=C\C/C=C\CCC(=O)NC(COP(=O)([O-])OCC[N+](C)(C)C)C(/C=C/CCCCCCCCCCC)OC(=O)CCCCCCCCC/C=C\C/C=C\C/C=C\C/C=C\C/C=C\CC. The first-order valence-corrected chi connectivity index (χ1v) is 32.6. The third-order valence-corrected chi connectivity index (χ3v) is 13.7. The van der Waals surface area contributed by atoms with Gasteiger partial charge in [-0.05, 0) is 115 Å². The highest BCUT2D eigenvalue weighted by molar-refractivity contribution is 7.45. The fraction of sp³-hybridized carbons (Fsp3) is 0.623. The monoisotopic (exact) mass is 1110 g/mol. The lowest BCUT2D eigenvalue weighted by molar-refractivity contribution is -0.870. The number of phosphoric acid groups is 1. The molecule has 1 amide bonds. The van der Waals surface area contributed by atoms with Crippen LogP contribution in [-0.2, 0) is 27.9 Å². The Morgan fingerprint density at radius 2 is 0.823 bits per heavy atom. The average Bonchev–Trinajstić information content (AvgIpc) is 3.41. The maximum atomic E-state index is 13.5. The predicted molar refractivity (Wildman–Crippen MR) is 339 cm³/mol. The highest BCUT2D eigenvalue weighted by Crippen LogP contribution is 2.38. The van der Waals surface area contributed by atoms with Crippen molar-refractivity contribution in [2.45, 2.75) is 238 Å². The molecule has 0 saturated carbocycles. The molecule has 0 aromatic rings. The van der Waals surface area contributed by atoms with Crippen molar-refractivity contribution in [3.63, 3.8) is 0 Å². The van der Waals surface area contributed by atoms with Crippen molar-refractivity contribution in [2.24, 2.45) is 0 Å². The van der Waals surface area contributed by atoms with Crippen LogP contribution in [0.15, 0.2) is 146 Å². The number of rotatable bonds is 54. The number of unbranched alkanes of at least 4 members (excludes halogenated alkanes) is 16. The largest absolute Gasteiger partial charge is 0.756 e. The van der Waals surface area contributed by atoms with Crippen LogP contribution in [0, 0.1) is 0 Å². The van der Waals surface area contributed by atoms with Crippen molar-refractivity contribution in [3.8, 4) is 0 Å². The summed E-state index contributed by atoms with van der Waals surface area (Å²) in [5, 5.41) is 2.97. The first-order chi connectivity index (χ1) is 38.4. The van der Waals surface area contributed by atoms with Gasteiger partial charge in [-0.3, -0.25) is 14.2 Å². The number of likely N-dealkylation sites (N-methyl/N-ethyl adjacent to an activating group) is 1. The molecule has 0 bridgehead atoms. The van der Waals surface area contributed by atoms with E-state index in [1.54, 1.807) is 6.08 Å². The third-order valence-electron chi connectivity index (χ3n) is 12.8. The van der Waals surface area contributed by atoms with Crippen LogP contribution < -0.4 is 10.2 Å². The maximum absolute atomic E-state index is 13.5. The van der Waals surface area contributed by atoms with Crippen LogP contribution in [0.3, 0.4) is 0 Å². The molecule has 1 N–H and O–H groups in total. The number of amides is 1. The molecule has 0 radical (unpaired) electrons. The average molecular weight is 1120 g/mol. The molecule has 79 heavy (non-hydrogen) atoms. The topological polar surface area (TPSA) is 114 Å². The van der Waals surface area contributed by atoms with Crippen LogP contribution in [-0.4, -0.2) is 69.4 Å². The van der Waals surface area contributed by atoms with Gasteiger partial charge in [0.25, 0.3) is 7.82 Å². The molecule has 3 atom stereocenters. The van der Waals surface area contributed by atoms with E-state index in [9.17, 15) is 19.0 Å². The quantitative estimate of drug-likeness (QED) is 0.0212. The number of allylic oxidation sites excluding steroid dienone is 23. The minimum atomic E-state index is -4.73. The Balaban J connectivity index is 5.34. The zero-order valence-corrected chi connectivity index (χ0v) is 51.9. The van der Waals surface area contributed by atoms with E-state index in [1.165, 1.54) is 64.2 Å².